The van der Waals surface area contributed by atoms with Crippen molar-refractivity contribution < 1.29 is 4.79 Å². The van der Waals surface area contributed by atoms with E-state index in [1.165, 1.54) is 24.3 Å². The molecule has 1 aromatic rings. The number of aromatic nitrogens is 2. The quantitative estimate of drug-likeness (QED) is 0.566. The maximum Gasteiger partial charge on any atom is 0.321 e. The highest BCUT2D eigenvalue weighted by molar-refractivity contribution is 9.10. The maximum atomic E-state index is 10.6. The molecule has 0 saturated heterocycles. The molecule has 0 unspecified atom stereocenters. The van der Waals surface area contributed by atoms with E-state index in [9.17, 15) is 4.79 Å². The fourth-order valence-corrected chi connectivity index (χ4v) is 0.860. The SMILES string of the molecule is CN(C(=O)Cl)c1cnc(Br)cn1. The lowest BCUT2D eigenvalue weighted by Crippen LogP contribution is -2.20. The van der Waals surface area contributed by atoms with Crippen molar-refractivity contribution in [1.29, 1.82) is 0 Å². The molecule has 0 aliphatic heterocycles. The Labute approximate surface area is 82.7 Å². The van der Waals surface area contributed by atoms with Crippen molar-refractivity contribution in [2.75, 3.05) is 11.9 Å². The molecule has 0 saturated carbocycles. The van der Waals surface area contributed by atoms with E-state index in [4.69, 9.17) is 11.6 Å². The summed E-state index contributed by atoms with van der Waals surface area (Å²) in [6.07, 6.45) is 2.94. The third kappa shape index (κ3) is 2.15. The molecule has 1 amide bonds. The van der Waals surface area contributed by atoms with Crippen molar-refractivity contribution in [3.05, 3.63) is 17.0 Å². The standard InChI is InChI=1S/C6H5BrClN3O/c1-11(6(8)12)5-3-9-4(7)2-10-5/h2-3H,1H3. The summed E-state index contributed by atoms with van der Waals surface area (Å²) >= 11 is 8.33. The van der Waals surface area contributed by atoms with Crippen LogP contribution in [0.25, 0.3) is 0 Å². The van der Waals surface area contributed by atoms with Gasteiger partial charge in [0.15, 0.2) is 5.82 Å². The summed E-state index contributed by atoms with van der Waals surface area (Å²) in [6, 6.07) is 0. The highest BCUT2D eigenvalue weighted by Crippen LogP contribution is 2.11. The van der Waals surface area contributed by atoms with E-state index in [-0.39, 0.29) is 0 Å². The highest BCUT2D eigenvalue weighted by Gasteiger charge is 2.08. The van der Waals surface area contributed by atoms with Crippen molar-refractivity contribution >= 4 is 38.7 Å². The molecule has 1 aromatic heterocycles. The number of rotatable bonds is 1. The van der Waals surface area contributed by atoms with Gasteiger partial charge in [-0.2, -0.15) is 0 Å². The van der Waals surface area contributed by atoms with Crippen LogP contribution in [0.2, 0.25) is 0 Å². The lowest BCUT2D eigenvalue weighted by molar-refractivity contribution is 0.265. The van der Waals surface area contributed by atoms with Gasteiger partial charge in [0, 0.05) is 7.05 Å². The van der Waals surface area contributed by atoms with Crippen LogP contribution >= 0.6 is 27.5 Å². The first-order valence-electron chi connectivity index (χ1n) is 3.02. The minimum Gasteiger partial charge on any atom is -0.285 e. The Bertz CT molecular complexity index is 289. The van der Waals surface area contributed by atoms with Gasteiger partial charge in [0.2, 0.25) is 0 Å². The molecule has 0 aliphatic carbocycles. The van der Waals surface area contributed by atoms with E-state index >= 15 is 0 Å². The second kappa shape index (κ2) is 3.82. The molecular formula is C6H5BrClN3O. The number of hydrogen-bond acceptors (Lipinski definition) is 3. The van der Waals surface area contributed by atoms with Gasteiger partial charge in [0.1, 0.15) is 4.60 Å². The van der Waals surface area contributed by atoms with Gasteiger partial charge in [-0.3, -0.25) is 9.69 Å². The van der Waals surface area contributed by atoms with Crippen molar-refractivity contribution in [1.82, 2.24) is 9.97 Å². The molecule has 6 heteroatoms. The first-order valence-corrected chi connectivity index (χ1v) is 4.19. The van der Waals surface area contributed by atoms with Gasteiger partial charge in [-0.15, -0.1) is 0 Å². The third-order valence-electron chi connectivity index (χ3n) is 1.21. The van der Waals surface area contributed by atoms with Crippen LogP contribution in [0.3, 0.4) is 0 Å². The Hall–Kier alpha value is -0.680. The smallest absolute Gasteiger partial charge is 0.285 e. The number of nitrogens with zero attached hydrogens (tertiary/aromatic N) is 3. The zero-order valence-corrected chi connectivity index (χ0v) is 8.50. The van der Waals surface area contributed by atoms with Crippen molar-refractivity contribution in [3.63, 3.8) is 0 Å². The number of hydrogen-bond donors (Lipinski definition) is 0. The Kier molecular flexibility index (Phi) is 2.99. The summed E-state index contributed by atoms with van der Waals surface area (Å²) in [7, 11) is 1.52. The molecule has 0 bridgehead atoms. The molecule has 0 radical (unpaired) electrons. The first-order chi connectivity index (χ1) is 5.61. The average molecular weight is 250 g/mol. The summed E-state index contributed by atoms with van der Waals surface area (Å²) in [6.45, 7) is 0. The molecule has 64 valence electrons. The van der Waals surface area contributed by atoms with Crippen LogP contribution in [0, 0.1) is 0 Å². The zero-order chi connectivity index (χ0) is 9.14. The maximum absolute atomic E-state index is 10.6. The van der Waals surface area contributed by atoms with Crippen LogP contribution in [0.15, 0.2) is 17.0 Å². The van der Waals surface area contributed by atoms with E-state index in [0.29, 0.717) is 10.4 Å². The summed E-state index contributed by atoms with van der Waals surface area (Å²) in [5, 5.41) is -0.591. The van der Waals surface area contributed by atoms with Crippen LogP contribution in [0.4, 0.5) is 10.6 Å². The second-order valence-corrected chi connectivity index (χ2v) is 3.15. The summed E-state index contributed by atoms with van der Waals surface area (Å²) in [5.41, 5.74) is 0. The van der Waals surface area contributed by atoms with Gasteiger partial charge >= 0.3 is 5.37 Å². The largest absolute Gasteiger partial charge is 0.321 e. The number of anilines is 1. The second-order valence-electron chi connectivity index (χ2n) is 2.01. The fourth-order valence-electron chi connectivity index (χ4n) is 0.569. The summed E-state index contributed by atoms with van der Waals surface area (Å²) in [5.74, 6) is 0.415. The van der Waals surface area contributed by atoms with Gasteiger partial charge in [-0.25, -0.2) is 9.97 Å². The Balaban J connectivity index is 2.89. The van der Waals surface area contributed by atoms with Crippen LogP contribution < -0.4 is 4.90 Å². The van der Waals surface area contributed by atoms with E-state index in [1.807, 2.05) is 0 Å². The first kappa shape index (κ1) is 9.41. The van der Waals surface area contributed by atoms with Gasteiger partial charge in [-0.1, -0.05) is 0 Å². The Morgan fingerprint density at radius 2 is 2.25 bits per heavy atom. The van der Waals surface area contributed by atoms with Crippen LogP contribution in [-0.2, 0) is 0 Å². The van der Waals surface area contributed by atoms with Crippen molar-refractivity contribution in [2.45, 2.75) is 0 Å². The lowest BCUT2D eigenvalue weighted by Gasteiger charge is -2.10. The minimum atomic E-state index is -0.591. The third-order valence-corrected chi connectivity index (χ3v) is 1.88. The Morgan fingerprint density at radius 1 is 1.58 bits per heavy atom. The molecule has 0 N–H and O–H groups in total. The Morgan fingerprint density at radius 3 is 2.67 bits per heavy atom. The molecule has 0 fully saturated rings. The molecule has 0 spiro atoms. The van der Waals surface area contributed by atoms with E-state index < -0.39 is 5.37 Å². The molecule has 0 aromatic carbocycles. The number of amides is 1. The molecule has 12 heavy (non-hydrogen) atoms. The highest BCUT2D eigenvalue weighted by atomic mass is 79.9. The van der Waals surface area contributed by atoms with Crippen LogP contribution in [0.1, 0.15) is 0 Å². The summed E-state index contributed by atoms with van der Waals surface area (Å²) < 4.78 is 0.613. The zero-order valence-electron chi connectivity index (χ0n) is 6.16. The molecule has 1 rings (SSSR count). The van der Waals surface area contributed by atoms with Crippen LogP contribution in [-0.4, -0.2) is 22.4 Å². The van der Waals surface area contributed by atoms with Crippen LogP contribution in [0.5, 0.6) is 0 Å². The van der Waals surface area contributed by atoms with Gasteiger partial charge in [0.05, 0.1) is 12.4 Å². The molecular weight excluding hydrogens is 245 g/mol. The average Bonchev–Trinajstić information content (AvgIpc) is 2.04. The number of carbonyl (C=O) groups excluding carboxylic acids is 1. The van der Waals surface area contributed by atoms with Crippen molar-refractivity contribution in [2.24, 2.45) is 0 Å². The predicted molar refractivity (Wildman–Crippen MR) is 49.4 cm³/mol. The monoisotopic (exact) mass is 249 g/mol. The fraction of sp³-hybridized carbons (Fsp3) is 0.167. The number of carbonyl (C=O) groups is 1. The molecule has 1 heterocycles. The van der Waals surface area contributed by atoms with Gasteiger partial charge < -0.3 is 0 Å². The van der Waals surface area contributed by atoms with E-state index in [0.717, 1.165) is 0 Å². The lowest BCUT2D eigenvalue weighted by atomic mass is 10.6. The predicted octanol–water partition coefficient (Wildman–Crippen LogP) is 2.03. The van der Waals surface area contributed by atoms with Gasteiger partial charge in [0.25, 0.3) is 0 Å². The summed E-state index contributed by atoms with van der Waals surface area (Å²) in [4.78, 5) is 19.6. The van der Waals surface area contributed by atoms with E-state index in [2.05, 4.69) is 25.9 Å². The molecule has 0 aliphatic rings. The molecule has 0 atom stereocenters. The number of halogens is 2. The van der Waals surface area contributed by atoms with Gasteiger partial charge in [-0.05, 0) is 27.5 Å². The minimum absolute atomic E-state index is 0.415. The topological polar surface area (TPSA) is 46.1 Å². The van der Waals surface area contributed by atoms with Crippen molar-refractivity contribution in [3.8, 4) is 0 Å². The molecule has 4 nitrogen and oxygen atoms in total. The normalized spacial score (nSPS) is 9.58. The van der Waals surface area contributed by atoms with E-state index in [1.54, 1.807) is 0 Å².